The number of carbonyl (C=O) groups excluding carboxylic acids is 1. The summed E-state index contributed by atoms with van der Waals surface area (Å²) in [5, 5.41) is 11.5. The topological polar surface area (TPSA) is 75.6 Å². The van der Waals surface area contributed by atoms with Crippen LogP contribution in [0.3, 0.4) is 0 Å². The Morgan fingerprint density at radius 3 is 2.33 bits per heavy atom. The number of alkyl carbamates (subject to hydrolysis) is 1. The van der Waals surface area contributed by atoms with Crippen LogP contribution in [0.15, 0.2) is 29.8 Å². The van der Waals surface area contributed by atoms with E-state index in [4.69, 9.17) is 9.84 Å². The van der Waals surface area contributed by atoms with E-state index in [-0.39, 0.29) is 12.1 Å². The van der Waals surface area contributed by atoms with Crippen molar-refractivity contribution in [1.82, 2.24) is 5.32 Å². The van der Waals surface area contributed by atoms with Crippen molar-refractivity contribution in [2.75, 3.05) is 6.54 Å². The number of hydrogen-bond donors (Lipinski definition) is 2. The summed E-state index contributed by atoms with van der Waals surface area (Å²) < 4.78 is 17.8. The predicted molar refractivity (Wildman–Crippen MR) is 76.2 cm³/mol. The van der Waals surface area contributed by atoms with Crippen LogP contribution in [0.25, 0.3) is 6.08 Å². The summed E-state index contributed by atoms with van der Waals surface area (Å²) in [6, 6.07) is 5.36. The summed E-state index contributed by atoms with van der Waals surface area (Å²) in [4.78, 5) is 22.6. The maximum atomic E-state index is 12.8. The molecular formula is C15H18FNO4. The van der Waals surface area contributed by atoms with Crippen molar-refractivity contribution in [3.05, 3.63) is 41.2 Å². The third kappa shape index (κ3) is 6.56. The van der Waals surface area contributed by atoms with Crippen LogP contribution in [0.1, 0.15) is 26.3 Å². The van der Waals surface area contributed by atoms with Crippen LogP contribution in [0.4, 0.5) is 9.18 Å². The van der Waals surface area contributed by atoms with Crippen molar-refractivity contribution in [1.29, 1.82) is 0 Å². The van der Waals surface area contributed by atoms with Gasteiger partial charge in [0.15, 0.2) is 0 Å². The number of hydrogen-bond acceptors (Lipinski definition) is 3. The van der Waals surface area contributed by atoms with Gasteiger partial charge in [-0.2, -0.15) is 0 Å². The molecule has 21 heavy (non-hydrogen) atoms. The molecule has 0 aliphatic carbocycles. The van der Waals surface area contributed by atoms with Crippen molar-refractivity contribution >= 4 is 18.1 Å². The van der Waals surface area contributed by atoms with Gasteiger partial charge in [0.2, 0.25) is 0 Å². The number of ether oxygens (including phenoxy) is 1. The fourth-order valence-corrected chi connectivity index (χ4v) is 1.43. The molecule has 1 rings (SSSR count). The highest BCUT2D eigenvalue weighted by atomic mass is 19.1. The monoisotopic (exact) mass is 295 g/mol. The van der Waals surface area contributed by atoms with E-state index in [0.29, 0.717) is 5.56 Å². The molecule has 0 aliphatic heterocycles. The van der Waals surface area contributed by atoms with Gasteiger partial charge in [-0.1, -0.05) is 12.1 Å². The molecule has 1 aromatic carbocycles. The van der Waals surface area contributed by atoms with E-state index >= 15 is 0 Å². The molecule has 0 saturated carbocycles. The molecule has 0 bridgehead atoms. The zero-order valence-corrected chi connectivity index (χ0v) is 12.1. The first-order valence-electron chi connectivity index (χ1n) is 6.33. The van der Waals surface area contributed by atoms with Crippen LogP contribution >= 0.6 is 0 Å². The minimum absolute atomic E-state index is 0.0348. The Balaban J connectivity index is 2.73. The third-order valence-electron chi connectivity index (χ3n) is 2.31. The van der Waals surface area contributed by atoms with Gasteiger partial charge in [-0.15, -0.1) is 0 Å². The van der Waals surface area contributed by atoms with Gasteiger partial charge in [0.05, 0.1) is 12.1 Å². The lowest BCUT2D eigenvalue weighted by molar-refractivity contribution is -0.132. The lowest BCUT2D eigenvalue weighted by Crippen LogP contribution is -2.34. The summed E-state index contributed by atoms with van der Waals surface area (Å²) in [6.07, 6.45) is 0.660. The summed E-state index contributed by atoms with van der Waals surface area (Å²) in [7, 11) is 0. The average Bonchev–Trinajstić information content (AvgIpc) is 2.34. The second-order valence-corrected chi connectivity index (χ2v) is 5.38. The van der Waals surface area contributed by atoms with Gasteiger partial charge < -0.3 is 15.2 Å². The fourth-order valence-electron chi connectivity index (χ4n) is 1.43. The summed E-state index contributed by atoms with van der Waals surface area (Å²) in [5.41, 5.74) is -0.166. The number of amides is 1. The van der Waals surface area contributed by atoms with Crippen molar-refractivity contribution in [2.45, 2.75) is 26.4 Å². The molecule has 2 N–H and O–H groups in total. The first kappa shape index (κ1) is 16.7. The Bertz CT molecular complexity index is 544. The number of carboxylic acid groups (broad SMARTS) is 1. The summed E-state index contributed by atoms with van der Waals surface area (Å²) in [5.74, 6) is -1.58. The number of halogens is 1. The predicted octanol–water partition coefficient (Wildman–Crippen LogP) is 2.82. The lowest BCUT2D eigenvalue weighted by Gasteiger charge is -2.19. The average molecular weight is 295 g/mol. The van der Waals surface area contributed by atoms with E-state index in [0.717, 1.165) is 0 Å². The molecule has 0 spiro atoms. The largest absolute Gasteiger partial charge is 0.478 e. The minimum atomic E-state index is -1.17. The maximum absolute atomic E-state index is 12.8. The van der Waals surface area contributed by atoms with E-state index in [1.54, 1.807) is 20.8 Å². The maximum Gasteiger partial charge on any atom is 0.407 e. The second-order valence-electron chi connectivity index (χ2n) is 5.38. The fraction of sp³-hybridized carbons (Fsp3) is 0.333. The third-order valence-corrected chi connectivity index (χ3v) is 2.31. The number of aliphatic carboxylic acids is 1. The van der Waals surface area contributed by atoms with Crippen LogP contribution in [-0.4, -0.2) is 29.3 Å². The molecule has 0 heterocycles. The van der Waals surface area contributed by atoms with E-state index in [1.165, 1.54) is 30.3 Å². The van der Waals surface area contributed by atoms with Crippen LogP contribution in [0.2, 0.25) is 0 Å². The highest BCUT2D eigenvalue weighted by molar-refractivity contribution is 5.93. The van der Waals surface area contributed by atoms with Crippen molar-refractivity contribution in [2.24, 2.45) is 0 Å². The molecule has 0 aliphatic rings. The SMILES string of the molecule is CC(C)(C)OC(=O)NCC(=Cc1ccc(F)cc1)C(=O)O. The van der Waals surface area contributed by atoms with Crippen molar-refractivity contribution < 1.29 is 23.8 Å². The Morgan fingerprint density at radius 2 is 1.86 bits per heavy atom. The van der Waals surface area contributed by atoms with Crippen molar-refractivity contribution in [3.63, 3.8) is 0 Å². The molecule has 0 unspecified atom stereocenters. The van der Waals surface area contributed by atoms with Gasteiger partial charge >= 0.3 is 12.1 Å². The lowest BCUT2D eigenvalue weighted by atomic mass is 10.1. The number of nitrogens with one attached hydrogen (secondary N) is 1. The van der Waals surface area contributed by atoms with Crippen LogP contribution in [0, 0.1) is 5.82 Å². The smallest absolute Gasteiger partial charge is 0.407 e. The van der Waals surface area contributed by atoms with Crippen LogP contribution in [0.5, 0.6) is 0 Å². The standard InChI is InChI=1S/C15H18FNO4/c1-15(2,3)21-14(20)17-9-11(13(18)19)8-10-4-6-12(16)7-5-10/h4-8H,9H2,1-3H3,(H,17,20)(H,18,19). The normalized spacial score (nSPS) is 11.9. The molecule has 0 aromatic heterocycles. The first-order valence-corrected chi connectivity index (χ1v) is 6.33. The quantitative estimate of drug-likeness (QED) is 0.837. The Morgan fingerprint density at radius 1 is 1.29 bits per heavy atom. The number of carboxylic acids is 1. The van der Waals surface area contributed by atoms with E-state index in [2.05, 4.69) is 5.32 Å². The van der Waals surface area contributed by atoms with E-state index in [9.17, 15) is 14.0 Å². The highest BCUT2D eigenvalue weighted by Crippen LogP contribution is 2.09. The van der Waals surface area contributed by atoms with Gasteiger partial charge in [-0.3, -0.25) is 0 Å². The molecule has 0 fully saturated rings. The van der Waals surface area contributed by atoms with E-state index < -0.39 is 23.5 Å². The molecular weight excluding hydrogens is 277 g/mol. The van der Waals surface area contributed by atoms with Gasteiger partial charge in [0, 0.05) is 0 Å². The molecule has 6 heteroatoms. The number of benzene rings is 1. The zero-order chi connectivity index (χ0) is 16.0. The number of carbonyl (C=O) groups is 2. The Labute approximate surface area is 122 Å². The molecule has 1 amide bonds. The van der Waals surface area contributed by atoms with Gasteiger partial charge in [0.1, 0.15) is 11.4 Å². The molecule has 1 aromatic rings. The van der Waals surface area contributed by atoms with Crippen molar-refractivity contribution in [3.8, 4) is 0 Å². The number of rotatable bonds is 4. The summed E-state index contributed by atoms with van der Waals surface area (Å²) >= 11 is 0. The van der Waals surface area contributed by atoms with Crippen LogP contribution < -0.4 is 5.32 Å². The molecule has 0 radical (unpaired) electrons. The minimum Gasteiger partial charge on any atom is -0.478 e. The summed E-state index contributed by atoms with van der Waals surface area (Å²) in [6.45, 7) is 4.93. The van der Waals surface area contributed by atoms with Crippen LogP contribution in [-0.2, 0) is 9.53 Å². The highest BCUT2D eigenvalue weighted by Gasteiger charge is 2.17. The van der Waals surface area contributed by atoms with E-state index in [1.807, 2.05) is 0 Å². The molecule has 114 valence electrons. The molecule has 0 saturated heterocycles. The van der Waals surface area contributed by atoms with Gasteiger partial charge in [-0.25, -0.2) is 14.0 Å². The van der Waals surface area contributed by atoms with Gasteiger partial charge in [-0.05, 0) is 44.5 Å². The second kappa shape index (κ2) is 6.88. The van der Waals surface area contributed by atoms with Gasteiger partial charge in [0.25, 0.3) is 0 Å². The molecule has 5 nitrogen and oxygen atoms in total. The first-order chi connectivity index (χ1) is 9.67. The Hall–Kier alpha value is -2.37. The Kier molecular flexibility index (Phi) is 5.46. The zero-order valence-electron chi connectivity index (χ0n) is 12.1. The molecule has 0 atom stereocenters.